The molecule has 4 nitrogen and oxygen atoms in total. The first-order valence-electron chi connectivity index (χ1n) is 11.6. The molecule has 0 bridgehead atoms. The van der Waals surface area contributed by atoms with Gasteiger partial charge in [0.15, 0.2) is 0 Å². The van der Waals surface area contributed by atoms with Crippen LogP contribution in [-0.4, -0.2) is 50.9 Å². The fourth-order valence-corrected chi connectivity index (χ4v) is 4.67. The van der Waals surface area contributed by atoms with Gasteiger partial charge in [-0.3, -0.25) is 0 Å². The number of nitrogens with zero attached hydrogens (tertiary/aromatic N) is 2. The van der Waals surface area contributed by atoms with E-state index in [0.717, 1.165) is 64.1 Å². The molecule has 4 heteroatoms. The van der Waals surface area contributed by atoms with Gasteiger partial charge in [-0.05, 0) is 64.7 Å². The van der Waals surface area contributed by atoms with Gasteiger partial charge in [-0.15, -0.1) is 0 Å². The molecule has 0 saturated carbocycles. The Morgan fingerprint density at radius 2 is 1.67 bits per heavy atom. The second kappa shape index (κ2) is 8.53. The van der Waals surface area contributed by atoms with Gasteiger partial charge in [0.25, 0.3) is 0 Å². The van der Waals surface area contributed by atoms with E-state index in [0.29, 0.717) is 0 Å². The Bertz CT molecular complexity index is 1300. The number of aromatic nitrogens is 1. The highest BCUT2D eigenvalue weighted by Crippen LogP contribution is 2.45. The fraction of sp³-hybridized carbons (Fsp3) is 0.276. The quantitative estimate of drug-likeness (QED) is 0.232. The molecule has 0 radical (unpaired) electrons. The molecule has 1 aliphatic carbocycles. The summed E-state index contributed by atoms with van der Waals surface area (Å²) >= 11 is 0. The Morgan fingerprint density at radius 1 is 0.909 bits per heavy atom. The maximum absolute atomic E-state index is 5.99. The molecular weight excluding hydrogens is 408 g/mol. The molecule has 4 aromatic rings. The first-order valence-corrected chi connectivity index (χ1v) is 11.6. The average Bonchev–Trinajstić information content (AvgIpc) is 3.21. The molecule has 5 rings (SSSR count). The predicted molar refractivity (Wildman–Crippen MR) is 135 cm³/mol. The highest BCUT2D eigenvalue weighted by Gasteiger charge is 2.25. The normalized spacial score (nSPS) is 12.5. The van der Waals surface area contributed by atoms with E-state index >= 15 is 0 Å². The molecule has 0 atom stereocenters. The lowest BCUT2D eigenvalue weighted by Gasteiger charge is -2.23. The molecule has 1 heterocycles. The van der Waals surface area contributed by atoms with Crippen LogP contribution in [0, 0.1) is 0 Å². The van der Waals surface area contributed by atoms with Crippen molar-refractivity contribution in [3.63, 3.8) is 0 Å². The molecule has 0 aliphatic heterocycles. The van der Waals surface area contributed by atoms with Gasteiger partial charge in [-0.25, -0.2) is 4.98 Å². The largest absolute Gasteiger partial charge is 0.497 e. The van der Waals surface area contributed by atoms with Crippen molar-refractivity contribution in [2.45, 2.75) is 12.8 Å². The SMILES string of the molecule is COc1ccc2nc(-c3ccc(OCCC[N+](C)(C)C)cc3)c3c(c2c1)-c1ccccc1C3. The highest BCUT2D eigenvalue weighted by molar-refractivity contribution is 6.02. The summed E-state index contributed by atoms with van der Waals surface area (Å²) in [6.45, 7) is 1.83. The van der Waals surface area contributed by atoms with Crippen LogP contribution in [-0.2, 0) is 6.42 Å². The van der Waals surface area contributed by atoms with Crippen LogP contribution in [0.1, 0.15) is 17.5 Å². The second-order valence-electron chi connectivity index (χ2n) is 9.77. The Morgan fingerprint density at radius 3 is 2.42 bits per heavy atom. The van der Waals surface area contributed by atoms with Gasteiger partial charge >= 0.3 is 0 Å². The molecule has 3 aromatic carbocycles. The lowest BCUT2D eigenvalue weighted by atomic mass is 9.96. The topological polar surface area (TPSA) is 31.4 Å². The summed E-state index contributed by atoms with van der Waals surface area (Å²) in [7, 11) is 8.33. The number of pyridine rings is 1. The number of ether oxygens (including phenoxy) is 2. The molecular formula is C29H31N2O2+. The van der Waals surface area contributed by atoms with Crippen LogP contribution >= 0.6 is 0 Å². The average molecular weight is 440 g/mol. The van der Waals surface area contributed by atoms with Crippen LogP contribution in [0.3, 0.4) is 0 Å². The molecule has 0 fully saturated rings. The Kier molecular flexibility index (Phi) is 5.55. The molecule has 33 heavy (non-hydrogen) atoms. The van der Waals surface area contributed by atoms with Crippen molar-refractivity contribution < 1.29 is 14.0 Å². The zero-order valence-electron chi connectivity index (χ0n) is 19.9. The summed E-state index contributed by atoms with van der Waals surface area (Å²) in [5.41, 5.74) is 8.38. The van der Waals surface area contributed by atoms with E-state index < -0.39 is 0 Å². The van der Waals surface area contributed by atoms with E-state index in [4.69, 9.17) is 14.5 Å². The number of hydrogen-bond acceptors (Lipinski definition) is 3. The maximum Gasteiger partial charge on any atom is 0.119 e. The third kappa shape index (κ3) is 4.31. The first-order chi connectivity index (χ1) is 15.9. The van der Waals surface area contributed by atoms with E-state index in [1.165, 1.54) is 22.3 Å². The maximum atomic E-state index is 5.99. The minimum Gasteiger partial charge on any atom is -0.497 e. The van der Waals surface area contributed by atoms with Crippen LogP contribution in [0.15, 0.2) is 66.7 Å². The zero-order valence-corrected chi connectivity index (χ0v) is 19.9. The number of methoxy groups -OCH3 is 1. The lowest BCUT2D eigenvalue weighted by molar-refractivity contribution is -0.870. The van der Waals surface area contributed by atoms with Crippen molar-refractivity contribution in [2.75, 3.05) is 41.4 Å². The molecule has 0 amide bonds. The number of benzene rings is 3. The number of rotatable bonds is 7. The summed E-state index contributed by atoms with van der Waals surface area (Å²) < 4.78 is 12.5. The predicted octanol–water partition coefficient (Wildman–Crippen LogP) is 5.96. The third-order valence-corrected chi connectivity index (χ3v) is 6.32. The van der Waals surface area contributed by atoms with Crippen LogP contribution in [0.25, 0.3) is 33.3 Å². The first kappa shape index (κ1) is 21.5. The van der Waals surface area contributed by atoms with Gasteiger partial charge in [0.05, 0.1) is 52.6 Å². The molecule has 0 N–H and O–H groups in total. The van der Waals surface area contributed by atoms with E-state index in [-0.39, 0.29) is 0 Å². The summed E-state index contributed by atoms with van der Waals surface area (Å²) in [6, 6.07) is 23.2. The molecule has 0 unspecified atom stereocenters. The summed E-state index contributed by atoms with van der Waals surface area (Å²) in [6.07, 6.45) is 1.93. The van der Waals surface area contributed by atoms with E-state index in [9.17, 15) is 0 Å². The Labute approximate surface area is 196 Å². The van der Waals surface area contributed by atoms with Crippen LogP contribution in [0.4, 0.5) is 0 Å². The number of quaternary nitrogens is 1. The lowest BCUT2D eigenvalue weighted by Crippen LogP contribution is -2.35. The van der Waals surface area contributed by atoms with E-state index in [1.54, 1.807) is 7.11 Å². The summed E-state index contributed by atoms with van der Waals surface area (Å²) in [4.78, 5) is 5.11. The highest BCUT2D eigenvalue weighted by atomic mass is 16.5. The fourth-order valence-electron chi connectivity index (χ4n) is 4.67. The summed E-state index contributed by atoms with van der Waals surface area (Å²) in [5, 5.41) is 1.15. The Balaban J connectivity index is 1.50. The van der Waals surface area contributed by atoms with Crippen molar-refractivity contribution in [1.29, 1.82) is 0 Å². The van der Waals surface area contributed by atoms with Gasteiger partial charge in [-0.1, -0.05) is 24.3 Å². The molecule has 168 valence electrons. The second-order valence-corrected chi connectivity index (χ2v) is 9.77. The van der Waals surface area contributed by atoms with Crippen LogP contribution in [0.5, 0.6) is 11.5 Å². The van der Waals surface area contributed by atoms with Crippen molar-refractivity contribution in [3.8, 4) is 33.9 Å². The van der Waals surface area contributed by atoms with Gasteiger partial charge in [0, 0.05) is 23.8 Å². The molecule has 0 saturated heterocycles. The number of hydrogen-bond donors (Lipinski definition) is 0. The molecule has 0 spiro atoms. The van der Waals surface area contributed by atoms with Crippen LogP contribution < -0.4 is 9.47 Å². The van der Waals surface area contributed by atoms with Crippen LogP contribution in [0.2, 0.25) is 0 Å². The summed E-state index contributed by atoms with van der Waals surface area (Å²) in [5.74, 6) is 1.76. The van der Waals surface area contributed by atoms with E-state index in [2.05, 4.69) is 81.8 Å². The standard InChI is InChI=1S/C29H31N2O2/c1-31(2,3)16-7-17-33-22-12-10-20(11-13-22)29-26-18-21-8-5-6-9-24(21)28(26)25-19-23(32-4)14-15-27(25)30-29/h5-6,8-15,19H,7,16-18H2,1-4H3/q+1. The van der Waals surface area contributed by atoms with Gasteiger partial charge in [0.2, 0.25) is 0 Å². The Hall–Kier alpha value is -3.37. The number of fused-ring (bicyclic) bond motifs is 5. The van der Waals surface area contributed by atoms with Crippen molar-refractivity contribution in [2.24, 2.45) is 0 Å². The zero-order chi connectivity index (χ0) is 23.0. The van der Waals surface area contributed by atoms with Crippen molar-refractivity contribution in [3.05, 3.63) is 77.9 Å². The van der Waals surface area contributed by atoms with Gasteiger partial charge in [-0.2, -0.15) is 0 Å². The molecule has 1 aromatic heterocycles. The van der Waals surface area contributed by atoms with Gasteiger partial charge < -0.3 is 14.0 Å². The van der Waals surface area contributed by atoms with Crippen molar-refractivity contribution in [1.82, 2.24) is 4.98 Å². The monoisotopic (exact) mass is 439 g/mol. The minimum absolute atomic E-state index is 0.732. The van der Waals surface area contributed by atoms with Crippen molar-refractivity contribution >= 4 is 10.9 Å². The smallest absolute Gasteiger partial charge is 0.119 e. The third-order valence-electron chi connectivity index (χ3n) is 6.32. The molecule has 1 aliphatic rings. The minimum atomic E-state index is 0.732. The van der Waals surface area contributed by atoms with E-state index in [1.807, 2.05) is 6.07 Å². The van der Waals surface area contributed by atoms with Gasteiger partial charge in [0.1, 0.15) is 11.5 Å².